The molecule has 0 aliphatic heterocycles. The SMILES string of the molecule is O=C(O)c1[nH]ccc(=O)c1[N+](=O)[O-]. The molecule has 1 aromatic rings. The Bertz CT molecular complexity index is 421. The van der Waals surface area contributed by atoms with Crippen molar-refractivity contribution in [2.45, 2.75) is 0 Å². The third kappa shape index (κ3) is 1.53. The van der Waals surface area contributed by atoms with Gasteiger partial charge in [0.1, 0.15) is 0 Å². The third-order valence-electron chi connectivity index (χ3n) is 1.33. The fourth-order valence-electron chi connectivity index (χ4n) is 0.815. The number of H-pyrrole nitrogens is 1. The zero-order chi connectivity index (χ0) is 10.0. The van der Waals surface area contributed by atoms with Gasteiger partial charge in [0.15, 0.2) is 0 Å². The van der Waals surface area contributed by atoms with Gasteiger partial charge in [-0.1, -0.05) is 0 Å². The molecule has 0 atom stereocenters. The maximum Gasteiger partial charge on any atom is 0.359 e. The molecule has 0 aliphatic carbocycles. The summed E-state index contributed by atoms with van der Waals surface area (Å²) in [6, 6.07) is 0.893. The van der Waals surface area contributed by atoms with E-state index in [1.807, 2.05) is 0 Å². The molecule has 1 aromatic heterocycles. The van der Waals surface area contributed by atoms with E-state index >= 15 is 0 Å². The van der Waals surface area contributed by atoms with Gasteiger partial charge in [-0.15, -0.1) is 0 Å². The Hall–Kier alpha value is -2.18. The van der Waals surface area contributed by atoms with E-state index in [9.17, 15) is 19.7 Å². The van der Waals surface area contributed by atoms with E-state index in [2.05, 4.69) is 4.98 Å². The molecule has 0 amide bonds. The molecule has 7 nitrogen and oxygen atoms in total. The minimum atomic E-state index is -1.54. The lowest BCUT2D eigenvalue weighted by Crippen LogP contribution is -2.14. The molecule has 0 saturated carbocycles. The molecule has 0 saturated heterocycles. The average Bonchev–Trinajstić information content (AvgIpc) is 2.02. The highest BCUT2D eigenvalue weighted by molar-refractivity contribution is 5.89. The van der Waals surface area contributed by atoms with Crippen molar-refractivity contribution in [3.8, 4) is 0 Å². The first kappa shape index (κ1) is 8.91. The monoisotopic (exact) mass is 184 g/mol. The van der Waals surface area contributed by atoms with Crippen LogP contribution in [-0.2, 0) is 0 Å². The van der Waals surface area contributed by atoms with E-state index in [1.54, 1.807) is 0 Å². The fraction of sp³-hybridized carbons (Fsp3) is 0. The molecule has 0 fully saturated rings. The number of aromatic amines is 1. The Morgan fingerprint density at radius 3 is 2.62 bits per heavy atom. The van der Waals surface area contributed by atoms with Crippen LogP contribution in [0.1, 0.15) is 10.5 Å². The first-order valence-electron chi connectivity index (χ1n) is 3.13. The van der Waals surface area contributed by atoms with Gasteiger partial charge in [0, 0.05) is 12.3 Å². The van der Waals surface area contributed by atoms with Crippen molar-refractivity contribution >= 4 is 11.7 Å². The van der Waals surface area contributed by atoms with Crippen LogP contribution in [0.25, 0.3) is 0 Å². The lowest BCUT2D eigenvalue weighted by molar-refractivity contribution is -0.386. The number of nitrogens with zero attached hydrogens (tertiary/aromatic N) is 1. The van der Waals surface area contributed by atoms with Crippen LogP contribution in [0.4, 0.5) is 5.69 Å². The molecular weight excluding hydrogens is 180 g/mol. The molecule has 0 radical (unpaired) electrons. The summed E-state index contributed by atoms with van der Waals surface area (Å²) in [7, 11) is 0. The predicted octanol–water partition coefficient (Wildman–Crippen LogP) is -0.0187. The van der Waals surface area contributed by atoms with Crippen LogP contribution in [0.15, 0.2) is 17.1 Å². The third-order valence-corrected chi connectivity index (χ3v) is 1.33. The van der Waals surface area contributed by atoms with Gasteiger partial charge in [-0.2, -0.15) is 0 Å². The van der Waals surface area contributed by atoms with Gasteiger partial charge in [0.05, 0.1) is 4.92 Å². The number of carboxylic acid groups (broad SMARTS) is 1. The van der Waals surface area contributed by atoms with Gasteiger partial charge in [0.2, 0.25) is 5.69 Å². The van der Waals surface area contributed by atoms with E-state index in [-0.39, 0.29) is 0 Å². The molecule has 0 spiro atoms. The quantitative estimate of drug-likeness (QED) is 0.495. The number of nitro groups is 1. The summed E-state index contributed by atoms with van der Waals surface area (Å²) in [5, 5.41) is 18.7. The van der Waals surface area contributed by atoms with Crippen molar-refractivity contribution in [2.24, 2.45) is 0 Å². The van der Waals surface area contributed by atoms with Crippen molar-refractivity contribution in [1.82, 2.24) is 4.98 Å². The van der Waals surface area contributed by atoms with Crippen LogP contribution in [0.3, 0.4) is 0 Å². The van der Waals surface area contributed by atoms with Gasteiger partial charge < -0.3 is 10.1 Å². The van der Waals surface area contributed by atoms with Crippen LogP contribution in [0.2, 0.25) is 0 Å². The normalized spacial score (nSPS) is 9.54. The highest BCUT2D eigenvalue weighted by Gasteiger charge is 2.23. The smallest absolute Gasteiger partial charge is 0.359 e. The van der Waals surface area contributed by atoms with E-state index in [0.29, 0.717) is 0 Å². The zero-order valence-corrected chi connectivity index (χ0v) is 6.18. The van der Waals surface area contributed by atoms with E-state index in [1.165, 1.54) is 0 Å². The molecule has 0 aliphatic rings. The van der Waals surface area contributed by atoms with Crippen molar-refractivity contribution in [2.75, 3.05) is 0 Å². The second-order valence-electron chi connectivity index (χ2n) is 2.13. The maximum absolute atomic E-state index is 10.9. The Morgan fingerprint density at radius 1 is 1.62 bits per heavy atom. The largest absolute Gasteiger partial charge is 0.476 e. The Balaban J connectivity index is 3.52. The average molecular weight is 184 g/mol. The van der Waals surface area contributed by atoms with Crippen molar-refractivity contribution < 1.29 is 14.8 Å². The minimum Gasteiger partial charge on any atom is -0.476 e. The maximum atomic E-state index is 10.9. The molecule has 7 heteroatoms. The molecule has 0 unspecified atom stereocenters. The molecule has 1 rings (SSSR count). The summed E-state index contributed by atoms with van der Waals surface area (Å²) < 4.78 is 0. The molecule has 2 N–H and O–H groups in total. The molecule has 1 heterocycles. The summed E-state index contributed by atoms with van der Waals surface area (Å²) in [5.74, 6) is -1.54. The summed E-state index contributed by atoms with van der Waals surface area (Å²) >= 11 is 0. The molecular formula is C6H4N2O5. The highest BCUT2D eigenvalue weighted by Crippen LogP contribution is 2.08. The molecule has 13 heavy (non-hydrogen) atoms. The number of carbonyl (C=O) groups is 1. The summed E-state index contributed by atoms with van der Waals surface area (Å²) in [5.41, 5.74) is -2.59. The molecule has 0 bridgehead atoms. The first-order valence-corrected chi connectivity index (χ1v) is 3.13. The Kier molecular flexibility index (Phi) is 2.09. The topological polar surface area (TPSA) is 113 Å². The van der Waals surface area contributed by atoms with E-state index < -0.39 is 27.7 Å². The van der Waals surface area contributed by atoms with Crippen molar-refractivity contribution in [3.63, 3.8) is 0 Å². The fourth-order valence-corrected chi connectivity index (χ4v) is 0.815. The first-order chi connectivity index (χ1) is 6.04. The number of aromatic nitrogens is 1. The lowest BCUT2D eigenvalue weighted by atomic mass is 10.3. The summed E-state index contributed by atoms with van der Waals surface area (Å²) in [6.07, 6.45) is 1.04. The lowest BCUT2D eigenvalue weighted by Gasteiger charge is -1.94. The molecule has 0 aromatic carbocycles. The number of pyridine rings is 1. The predicted molar refractivity (Wildman–Crippen MR) is 40.7 cm³/mol. The minimum absolute atomic E-state index is 0.711. The van der Waals surface area contributed by atoms with Gasteiger partial charge in [0.25, 0.3) is 5.43 Å². The van der Waals surface area contributed by atoms with Crippen molar-refractivity contribution in [3.05, 3.63) is 38.3 Å². The molecule has 68 valence electrons. The number of hydrogen-bond acceptors (Lipinski definition) is 4. The van der Waals surface area contributed by atoms with Crippen LogP contribution < -0.4 is 5.43 Å². The van der Waals surface area contributed by atoms with Gasteiger partial charge >= 0.3 is 11.7 Å². The van der Waals surface area contributed by atoms with Crippen LogP contribution >= 0.6 is 0 Å². The summed E-state index contributed by atoms with van der Waals surface area (Å²) in [4.78, 5) is 32.6. The second-order valence-corrected chi connectivity index (χ2v) is 2.13. The van der Waals surface area contributed by atoms with Gasteiger partial charge in [-0.25, -0.2) is 4.79 Å². The standard InChI is InChI=1S/C6H4N2O5/c9-3-1-2-7-4(6(10)11)5(3)8(12)13/h1-2H,(H,7,9)(H,10,11). The van der Waals surface area contributed by atoms with E-state index in [4.69, 9.17) is 5.11 Å². The number of carboxylic acids is 1. The zero-order valence-electron chi connectivity index (χ0n) is 6.18. The van der Waals surface area contributed by atoms with Crippen LogP contribution in [-0.4, -0.2) is 21.0 Å². The number of nitrogens with one attached hydrogen (secondary N) is 1. The van der Waals surface area contributed by atoms with Crippen LogP contribution in [0, 0.1) is 10.1 Å². The number of aromatic carboxylic acids is 1. The van der Waals surface area contributed by atoms with Gasteiger partial charge in [-0.3, -0.25) is 14.9 Å². The van der Waals surface area contributed by atoms with Gasteiger partial charge in [-0.05, 0) is 0 Å². The summed E-state index contributed by atoms with van der Waals surface area (Å²) in [6.45, 7) is 0. The van der Waals surface area contributed by atoms with Crippen LogP contribution in [0.5, 0.6) is 0 Å². The second kappa shape index (κ2) is 3.05. The highest BCUT2D eigenvalue weighted by atomic mass is 16.6. The number of rotatable bonds is 2. The van der Waals surface area contributed by atoms with E-state index in [0.717, 1.165) is 12.3 Å². The van der Waals surface area contributed by atoms with Crippen molar-refractivity contribution in [1.29, 1.82) is 0 Å². The number of hydrogen-bond donors (Lipinski definition) is 2. The Labute approximate surface area is 70.8 Å². The Morgan fingerprint density at radius 2 is 2.23 bits per heavy atom.